The standard InChI is InChI=1S/C9H19NOSi/c1-4-7-10-8-6-9-12(10,5-2)11-3/h4H,1,5-9H2,2-3H3. The lowest BCUT2D eigenvalue weighted by Gasteiger charge is -2.32. The first-order valence-corrected chi connectivity index (χ1v) is 6.97. The minimum absolute atomic E-state index is 1.01. The Morgan fingerprint density at radius 3 is 2.92 bits per heavy atom. The summed E-state index contributed by atoms with van der Waals surface area (Å²) in [6, 6.07) is 2.51. The van der Waals surface area contributed by atoms with Gasteiger partial charge >= 0.3 is 0 Å². The second kappa shape index (κ2) is 4.21. The van der Waals surface area contributed by atoms with Gasteiger partial charge in [-0.05, 0) is 25.1 Å². The average molecular weight is 185 g/mol. The van der Waals surface area contributed by atoms with Crippen LogP contribution in [-0.4, -0.2) is 33.2 Å². The number of hydrogen-bond acceptors (Lipinski definition) is 2. The van der Waals surface area contributed by atoms with Crippen LogP contribution in [0.25, 0.3) is 0 Å². The molecule has 1 saturated heterocycles. The molecule has 0 radical (unpaired) electrons. The van der Waals surface area contributed by atoms with E-state index in [1.54, 1.807) is 0 Å². The van der Waals surface area contributed by atoms with E-state index < -0.39 is 8.48 Å². The van der Waals surface area contributed by atoms with Gasteiger partial charge in [0.1, 0.15) is 0 Å². The van der Waals surface area contributed by atoms with E-state index in [0.29, 0.717) is 0 Å². The van der Waals surface area contributed by atoms with E-state index in [2.05, 4.69) is 18.1 Å². The van der Waals surface area contributed by atoms with Gasteiger partial charge in [0.05, 0.1) is 0 Å². The SMILES string of the molecule is C=CCN1CCC[Si]1(CC)OC. The van der Waals surface area contributed by atoms with Crippen LogP contribution in [0.3, 0.4) is 0 Å². The molecule has 0 bridgehead atoms. The normalized spacial score (nSPS) is 30.8. The Kier molecular flexibility index (Phi) is 3.49. The summed E-state index contributed by atoms with van der Waals surface area (Å²) in [5.74, 6) is 0. The molecule has 1 atom stereocenters. The summed E-state index contributed by atoms with van der Waals surface area (Å²) < 4.78 is 8.24. The van der Waals surface area contributed by atoms with Crippen LogP contribution in [0.4, 0.5) is 0 Å². The molecule has 0 saturated carbocycles. The van der Waals surface area contributed by atoms with Gasteiger partial charge in [-0.1, -0.05) is 13.0 Å². The minimum Gasteiger partial charge on any atom is -0.406 e. The lowest BCUT2D eigenvalue weighted by Crippen LogP contribution is -2.50. The lowest BCUT2D eigenvalue weighted by molar-refractivity contribution is 0.323. The van der Waals surface area contributed by atoms with Crippen LogP contribution in [0.5, 0.6) is 0 Å². The zero-order valence-corrected chi connectivity index (χ0v) is 9.18. The van der Waals surface area contributed by atoms with Crippen LogP contribution < -0.4 is 0 Å². The zero-order valence-electron chi connectivity index (χ0n) is 8.18. The summed E-state index contributed by atoms with van der Waals surface area (Å²) in [4.78, 5) is 0. The predicted molar refractivity (Wildman–Crippen MR) is 54.4 cm³/mol. The molecule has 1 heterocycles. The molecule has 1 aliphatic rings. The third kappa shape index (κ3) is 1.63. The van der Waals surface area contributed by atoms with Crippen molar-refractivity contribution >= 4 is 8.48 Å². The molecule has 1 unspecified atom stereocenters. The van der Waals surface area contributed by atoms with Crippen LogP contribution in [-0.2, 0) is 4.43 Å². The molecule has 0 aromatic carbocycles. The highest BCUT2D eigenvalue weighted by Crippen LogP contribution is 2.29. The van der Waals surface area contributed by atoms with Crippen molar-refractivity contribution in [2.45, 2.75) is 25.4 Å². The summed E-state index contributed by atoms with van der Waals surface area (Å²) >= 11 is 0. The second-order valence-electron chi connectivity index (χ2n) is 3.34. The molecule has 0 amide bonds. The van der Waals surface area contributed by atoms with Crippen LogP contribution in [0.2, 0.25) is 12.1 Å². The Morgan fingerprint density at radius 2 is 2.42 bits per heavy atom. The zero-order chi connectivity index (χ0) is 9.03. The lowest BCUT2D eigenvalue weighted by atomic mass is 10.5. The Hall–Kier alpha value is -0.123. The van der Waals surface area contributed by atoms with Crippen LogP contribution in [0.15, 0.2) is 12.7 Å². The fraction of sp³-hybridized carbons (Fsp3) is 0.778. The molecular weight excluding hydrogens is 166 g/mol. The number of nitrogens with zero attached hydrogens (tertiary/aromatic N) is 1. The van der Waals surface area contributed by atoms with E-state index in [9.17, 15) is 0 Å². The first-order valence-electron chi connectivity index (χ1n) is 4.70. The summed E-state index contributed by atoms with van der Waals surface area (Å²) in [6.07, 6.45) is 3.30. The van der Waals surface area contributed by atoms with Gasteiger partial charge in [0.15, 0.2) is 0 Å². The molecule has 1 rings (SSSR count). The monoisotopic (exact) mass is 185 g/mol. The predicted octanol–water partition coefficient (Wildman–Crippen LogP) is 1.99. The fourth-order valence-corrected chi connectivity index (χ4v) is 5.70. The Bertz CT molecular complexity index is 157. The fourth-order valence-electron chi connectivity index (χ4n) is 2.10. The smallest absolute Gasteiger partial charge is 0.271 e. The molecule has 0 spiro atoms. The van der Waals surface area contributed by atoms with E-state index in [1.807, 2.05) is 13.2 Å². The van der Waals surface area contributed by atoms with Gasteiger partial charge in [-0.25, -0.2) is 0 Å². The van der Waals surface area contributed by atoms with Crippen molar-refractivity contribution in [3.05, 3.63) is 12.7 Å². The average Bonchev–Trinajstić information content (AvgIpc) is 2.50. The van der Waals surface area contributed by atoms with Gasteiger partial charge in [0, 0.05) is 13.7 Å². The third-order valence-corrected chi connectivity index (χ3v) is 7.41. The first kappa shape index (κ1) is 9.96. The van der Waals surface area contributed by atoms with Crippen molar-refractivity contribution in [2.24, 2.45) is 0 Å². The van der Waals surface area contributed by atoms with Gasteiger partial charge < -0.3 is 4.43 Å². The van der Waals surface area contributed by atoms with E-state index >= 15 is 0 Å². The molecule has 1 fully saturated rings. The molecule has 0 aromatic heterocycles. The maximum Gasteiger partial charge on any atom is 0.271 e. The molecule has 3 heteroatoms. The summed E-state index contributed by atoms with van der Waals surface area (Å²) in [5, 5.41) is 0. The van der Waals surface area contributed by atoms with E-state index in [1.165, 1.54) is 25.1 Å². The molecule has 0 aromatic rings. The van der Waals surface area contributed by atoms with Crippen molar-refractivity contribution in [1.29, 1.82) is 0 Å². The van der Waals surface area contributed by atoms with Crippen LogP contribution in [0, 0.1) is 0 Å². The van der Waals surface area contributed by atoms with Crippen molar-refractivity contribution < 1.29 is 4.43 Å². The van der Waals surface area contributed by atoms with Gasteiger partial charge in [0.2, 0.25) is 0 Å². The molecule has 0 aliphatic carbocycles. The van der Waals surface area contributed by atoms with Crippen molar-refractivity contribution in [3.63, 3.8) is 0 Å². The minimum atomic E-state index is -1.47. The largest absolute Gasteiger partial charge is 0.406 e. The Labute approximate surface area is 76.4 Å². The highest BCUT2D eigenvalue weighted by atomic mass is 28.4. The van der Waals surface area contributed by atoms with Gasteiger partial charge in [-0.3, -0.25) is 4.57 Å². The summed E-state index contributed by atoms with van der Waals surface area (Å²) in [6.45, 7) is 8.25. The maximum atomic E-state index is 5.73. The summed E-state index contributed by atoms with van der Waals surface area (Å²) in [7, 11) is 0.404. The van der Waals surface area contributed by atoms with E-state index in [-0.39, 0.29) is 0 Å². The van der Waals surface area contributed by atoms with Gasteiger partial charge in [-0.15, -0.1) is 6.58 Å². The van der Waals surface area contributed by atoms with E-state index in [4.69, 9.17) is 4.43 Å². The van der Waals surface area contributed by atoms with Crippen LogP contribution >= 0.6 is 0 Å². The molecule has 1 aliphatic heterocycles. The molecule has 70 valence electrons. The van der Waals surface area contributed by atoms with Crippen molar-refractivity contribution in [2.75, 3.05) is 20.2 Å². The molecular formula is C9H19NOSi. The van der Waals surface area contributed by atoms with Crippen molar-refractivity contribution in [3.8, 4) is 0 Å². The highest BCUT2D eigenvalue weighted by molar-refractivity contribution is 6.71. The first-order chi connectivity index (χ1) is 5.79. The Morgan fingerprint density at radius 1 is 1.67 bits per heavy atom. The van der Waals surface area contributed by atoms with Gasteiger partial charge in [-0.2, -0.15) is 0 Å². The van der Waals surface area contributed by atoms with Crippen LogP contribution in [0.1, 0.15) is 13.3 Å². The second-order valence-corrected chi connectivity index (χ2v) is 7.48. The number of rotatable bonds is 4. The highest BCUT2D eigenvalue weighted by Gasteiger charge is 2.42. The maximum absolute atomic E-state index is 5.73. The quantitative estimate of drug-likeness (QED) is 0.490. The molecule has 0 N–H and O–H groups in total. The summed E-state index contributed by atoms with van der Waals surface area (Å²) in [5.41, 5.74) is 0. The topological polar surface area (TPSA) is 12.5 Å². The van der Waals surface area contributed by atoms with Gasteiger partial charge in [0.25, 0.3) is 8.48 Å². The molecule has 2 nitrogen and oxygen atoms in total. The third-order valence-electron chi connectivity index (χ3n) is 2.85. The Balaban J connectivity index is 2.64. The number of hydrogen-bond donors (Lipinski definition) is 0. The van der Waals surface area contributed by atoms with Crippen molar-refractivity contribution in [1.82, 2.24) is 4.57 Å². The molecule has 12 heavy (non-hydrogen) atoms. The van der Waals surface area contributed by atoms with E-state index in [0.717, 1.165) is 6.54 Å².